The molecule has 78 valence electrons. The van der Waals surface area contributed by atoms with E-state index in [0.29, 0.717) is 17.4 Å². The molecule has 0 heterocycles. The first kappa shape index (κ1) is 11.1. The number of hydrazine groups is 1. The second-order valence-corrected chi connectivity index (χ2v) is 3.29. The lowest BCUT2D eigenvalue weighted by atomic mass is 10.3. The minimum Gasteiger partial charge on any atom is -0.495 e. The number of nitrogens with two attached hydrogens (primary N) is 1. The van der Waals surface area contributed by atoms with Gasteiger partial charge in [0.05, 0.1) is 18.8 Å². The van der Waals surface area contributed by atoms with Crippen molar-refractivity contribution in [3.05, 3.63) is 23.2 Å². The zero-order valence-electron chi connectivity index (χ0n) is 8.25. The van der Waals surface area contributed by atoms with E-state index in [-0.39, 0.29) is 0 Å². The molecule has 3 N–H and O–H groups in total. The van der Waals surface area contributed by atoms with Crippen LogP contribution in [-0.2, 0) is 0 Å². The Balaban J connectivity index is 2.85. The van der Waals surface area contributed by atoms with E-state index in [2.05, 4.69) is 5.43 Å². The van der Waals surface area contributed by atoms with Gasteiger partial charge < -0.3 is 9.64 Å². The van der Waals surface area contributed by atoms with Gasteiger partial charge in [-0.25, -0.2) is 5.43 Å². The fraction of sp³-hybridized carbons (Fsp3) is 0.333. The molecule has 0 saturated heterocycles. The number of benzene rings is 1. The minimum atomic E-state index is 0.558. The van der Waals surface area contributed by atoms with Crippen molar-refractivity contribution in [1.82, 2.24) is 5.43 Å². The second kappa shape index (κ2) is 5.05. The number of rotatable bonds is 4. The first-order chi connectivity index (χ1) is 6.69. The molecule has 0 spiro atoms. The number of methoxy groups -OCH3 is 1. The molecule has 0 unspecified atom stereocenters. The summed E-state index contributed by atoms with van der Waals surface area (Å²) in [7, 11) is 3.50. The number of hydrogen-bond donors (Lipinski definition) is 2. The summed E-state index contributed by atoms with van der Waals surface area (Å²) in [4.78, 5) is 1.94. The Morgan fingerprint density at radius 1 is 1.57 bits per heavy atom. The Kier molecular flexibility index (Phi) is 4.00. The number of nitrogens with zero attached hydrogens (tertiary/aromatic N) is 1. The quantitative estimate of drug-likeness (QED) is 0.450. The smallest absolute Gasteiger partial charge is 0.137 e. The maximum absolute atomic E-state index is 5.97. The standard InChI is InChI=1S/C9H14ClN3O/c1-13(6-12-11)7-3-4-9(14-2)8(10)5-7/h3-5,12H,6,11H2,1-2H3. The average Bonchev–Trinajstić information content (AvgIpc) is 2.18. The molecule has 5 heteroatoms. The molecule has 4 nitrogen and oxygen atoms in total. The van der Waals surface area contributed by atoms with Crippen molar-refractivity contribution < 1.29 is 4.74 Å². The highest BCUT2D eigenvalue weighted by Crippen LogP contribution is 2.28. The molecule has 1 rings (SSSR count). The van der Waals surface area contributed by atoms with Gasteiger partial charge in [0.2, 0.25) is 0 Å². The van der Waals surface area contributed by atoms with Crippen molar-refractivity contribution in [3.8, 4) is 5.75 Å². The van der Waals surface area contributed by atoms with Crippen LogP contribution < -0.4 is 20.9 Å². The van der Waals surface area contributed by atoms with E-state index < -0.39 is 0 Å². The lowest BCUT2D eigenvalue weighted by Crippen LogP contribution is -2.35. The van der Waals surface area contributed by atoms with Crippen LogP contribution in [0, 0.1) is 0 Å². The Bertz CT molecular complexity index is 306. The summed E-state index contributed by atoms with van der Waals surface area (Å²) < 4.78 is 5.05. The molecule has 1 aromatic rings. The van der Waals surface area contributed by atoms with Crippen LogP contribution in [0.3, 0.4) is 0 Å². The molecule has 0 atom stereocenters. The molecule has 0 bridgehead atoms. The van der Waals surface area contributed by atoms with Gasteiger partial charge in [0.25, 0.3) is 0 Å². The van der Waals surface area contributed by atoms with Crippen LogP contribution in [-0.4, -0.2) is 20.8 Å². The molecular weight excluding hydrogens is 202 g/mol. The van der Waals surface area contributed by atoms with Crippen LogP contribution in [0.25, 0.3) is 0 Å². The van der Waals surface area contributed by atoms with Gasteiger partial charge in [-0.15, -0.1) is 0 Å². The average molecular weight is 216 g/mol. The normalized spacial score (nSPS) is 10.0. The van der Waals surface area contributed by atoms with E-state index in [1.807, 2.05) is 30.1 Å². The third-order valence-corrected chi connectivity index (χ3v) is 2.20. The molecule has 0 radical (unpaired) electrons. The summed E-state index contributed by atoms with van der Waals surface area (Å²) in [5, 5.41) is 0.592. The molecule has 0 fully saturated rings. The summed E-state index contributed by atoms with van der Waals surface area (Å²) >= 11 is 5.97. The van der Waals surface area contributed by atoms with Crippen LogP contribution in [0.4, 0.5) is 5.69 Å². The summed E-state index contributed by atoms with van der Waals surface area (Å²) in [6.07, 6.45) is 0. The lowest BCUT2D eigenvalue weighted by molar-refractivity contribution is 0.415. The Labute approximate surface area is 88.6 Å². The van der Waals surface area contributed by atoms with Crippen molar-refractivity contribution in [2.75, 3.05) is 25.7 Å². The molecule has 1 aromatic carbocycles. The third-order valence-electron chi connectivity index (χ3n) is 1.90. The highest BCUT2D eigenvalue weighted by Gasteiger charge is 2.04. The van der Waals surface area contributed by atoms with E-state index in [1.54, 1.807) is 7.11 Å². The van der Waals surface area contributed by atoms with E-state index in [9.17, 15) is 0 Å². The molecular formula is C9H14ClN3O. The van der Waals surface area contributed by atoms with Gasteiger partial charge in [-0.3, -0.25) is 5.84 Å². The number of halogens is 1. The first-order valence-electron chi connectivity index (χ1n) is 4.17. The molecule has 0 amide bonds. The van der Waals surface area contributed by atoms with Crippen LogP contribution in [0.1, 0.15) is 0 Å². The van der Waals surface area contributed by atoms with Crippen LogP contribution in [0.5, 0.6) is 5.75 Å². The van der Waals surface area contributed by atoms with Gasteiger partial charge in [-0.2, -0.15) is 0 Å². The van der Waals surface area contributed by atoms with E-state index >= 15 is 0 Å². The summed E-state index contributed by atoms with van der Waals surface area (Å²) in [6, 6.07) is 5.57. The van der Waals surface area contributed by atoms with Gasteiger partial charge >= 0.3 is 0 Å². The number of anilines is 1. The largest absolute Gasteiger partial charge is 0.495 e. The zero-order valence-corrected chi connectivity index (χ0v) is 9.01. The second-order valence-electron chi connectivity index (χ2n) is 2.88. The highest BCUT2D eigenvalue weighted by atomic mass is 35.5. The lowest BCUT2D eigenvalue weighted by Gasteiger charge is -2.19. The monoisotopic (exact) mass is 215 g/mol. The third kappa shape index (κ3) is 2.51. The van der Waals surface area contributed by atoms with Gasteiger partial charge in [0.15, 0.2) is 0 Å². The maximum atomic E-state index is 5.97. The maximum Gasteiger partial charge on any atom is 0.137 e. The molecule has 0 aliphatic heterocycles. The van der Waals surface area contributed by atoms with E-state index in [1.165, 1.54) is 0 Å². The van der Waals surface area contributed by atoms with Gasteiger partial charge in [0, 0.05) is 12.7 Å². The predicted octanol–water partition coefficient (Wildman–Crippen LogP) is 1.21. The van der Waals surface area contributed by atoms with Crippen LogP contribution in [0.15, 0.2) is 18.2 Å². The first-order valence-corrected chi connectivity index (χ1v) is 4.55. The Morgan fingerprint density at radius 3 is 2.79 bits per heavy atom. The van der Waals surface area contributed by atoms with Gasteiger partial charge in [-0.05, 0) is 18.2 Å². The Morgan fingerprint density at radius 2 is 2.29 bits per heavy atom. The highest BCUT2D eigenvalue weighted by molar-refractivity contribution is 6.32. The molecule has 14 heavy (non-hydrogen) atoms. The Hall–Kier alpha value is -0.970. The fourth-order valence-corrected chi connectivity index (χ4v) is 1.37. The predicted molar refractivity (Wildman–Crippen MR) is 58.6 cm³/mol. The van der Waals surface area contributed by atoms with Crippen molar-refractivity contribution in [2.45, 2.75) is 0 Å². The topological polar surface area (TPSA) is 50.5 Å². The number of ether oxygens (including phenoxy) is 1. The van der Waals surface area contributed by atoms with Crippen molar-refractivity contribution in [3.63, 3.8) is 0 Å². The number of nitrogens with one attached hydrogen (secondary N) is 1. The van der Waals surface area contributed by atoms with Gasteiger partial charge in [-0.1, -0.05) is 11.6 Å². The van der Waals surface area contributed by atoms with Crippen molar-refractivity contribution >= 4 is 17.3 Å². The minimum absolute atomic E-state index is 0.558. The van der Waals surface area contributed by atoms with E-state index in [0.717, 1.165) is 5.69 Å². The summed E-state index contributed by atoms with van der Waals surface area (Å²) in [5.41, 5.74) is 3.55. The molecule has 0 aliphatic rings. The van der Waals surface area contributed by atoms with Crippen molar-refractivity contribution in [1.29, 1.82) is 0 Å². The molecule has 0 aliphatic carbocycles. The van der Waals surface area contributed by atoms with Crippen LogP contribution >= 0.6 is 11.6 Å². The number of hydrogen-bond acceptors (Lipinski definition) is 4. The van der Waals surface area contributed by atoms with Crippen molar-refractivity contribution in [2.24, 2.45) is 5.84 Å². The molecule has 0 saturated carbocycles. The van der Waals surface area contributed by atoms with Crippen LogP contribution in [0.2, 0.25) is 5.02 Å². The zero-order chi connectivity index (χ0) is 10.6. The summed E-state index contributed by atoms with van der Waals surface area (Å²) in [6.45, 7) is 0.558. The fourth-order valence-electron chi connectivity index (χ4n) is 1.12. The summed E-state index contributed by atoms with van der Waals surface area (Å²) in [5.74, 6) is 5.88. The molecule has 0 aromatic heterocycles. The van der Waals surface area contributed by atoms with Gasteiger partial charge in [0.1, 0.15) is 5.75 Å². The van der Waals surface area contributed by atoms with E-state index in [4.69, 9.17) is 22.2 Å². The SMILES string of the molecule is COc1ccc(N(C)CNN)cc1Cl.